The molecule has 16 heavy (non-hydrogen) atoms. The standard InChI is InChI=1S/C13H16N2S/c1-9(8-14)13-15-12(10(2)16-13)11-6-4-3-5-7-11/h3-7,9H,8,14H2,1-2H3. The van der Waals surface area contributed by atoms with Crippen molar-refractivity contribution in [2.75, 3.05) is 6.54 Å². The number of aromatic nitrogens is 1. The van der Waals surface area contributed by atoms with Gasteiger partial charge >= 0.3 is 0 Å². The molecule has 1 atom stereocenters. The maximum Gasteiger partial charge on any atom is 0.0976 e. The van der Waals surface area contributed by atoms with Crippen molar-refractivity contribution in [1.29, 1.82) is 0 Å². The van der Waals surface area contributed by atoms with Crippen molar-refractivity contribution in [1.82, 2.24) is 4.98 Å². The van der Waals surface area contributed by atoms with E-state index in [1.54, 1.807) is 11.3 Å². The molecule has 1 heterocycles. The Morgan fingerprint density at radius 2 is 2.00 bits per heavy atom. The lowest BCUT2D eigenvalue weighted by Crippen LogP contribution is -2.08. The largest absolute Gasteiger partial charge is 0.330 e. The third-order valence-corrected chi connectivity index (χ3v) is 3.84. The third-order valence-electron chi connectivity index (χ3n) is 2.64. The molecule has 1 unspecified atom stereocenters. The number of nitrogens with zero attached hydrogens (tertiary/aromatic N) is 1. The summed E-state index contributed by atoms with van der Waals surface area (Å²) in [5, 5.41) is 1.14. The van der Waals surface area contributed by atoms with Crippen LogP contribution in [0.25, 0.3) is 11.3 Å². The second-order valence-corrected chi connectivity index (χ2v) is 5.19. The monoisotopic (exact) mass is 232 g/mol. The first-order valence-corrected chi connectivity index (χ1v) is 6.27. The molecule has 0 aliphatic carbocycles. The molecule has 0 radical (unpaired) electrons. The van der Waals surface area contributed by atoms with Gasteiger partial charge in [0.05, 0.1) is 10.7 Å². The van der Waals surface area contributed by atoms with E-state index < -0.39 is 0 Å². The molecule has 0 amide bonds. The first-order chi connectivity index (χ1) is 7.72. The first kappa shape index (κ1) is 11.3. The van der Waals surface area contributed by atoms with Crippen LogP contribution in [-0.4, -0.2) is 11.5 Å². The van der Waals surface area contributed by atoms with E-state index in [2.05, 4.69) is 31.0 Å². The number of rotatable bonds is 3. The summed E-state index contributed by atoms with van der Waals surface area (Å²) in [5.74, 6) is 0.348. The Hall–Kier alpha value is -1.19. The van der Waals surface area contributed by atoms with E-state index in [9.17, 15) is 0 Å². The van der Waals surface area contributed by atoms with Gasteiger partial charge < -0.3 is 5.73 Å². The minimum atomic E-state index is 0.348. The maximum absolute atomic E-state index is 5.67. The molecular formula is C13H16N2S. The normalized spacial score (nSPS) is 12.7. The van der Waals surface area contributed by atoms with Crippen molar-refractivity contribution in [2.24, 2.45) is 5.73 Å². The molecule has 2 nitrogen and oxygen atoms in total. The lowest BCUT2D eigenvalue weighted by molar-refractivity contribution is 0.766. The van der Waals surface area contributed by atoms with E-state index in [1.807, 2.05) is 18.2 Å². The summed E-state index contributed by atoms with van der Waals surface area (Å²) >= 11 is 1.75. The van der Waals surface area contributed by atoms with Crippen molar-refractivity contribution in [3.63, 3.8) is 0 Å². The van der Waals surface area contributed by atoms with E-state index in [4.69, 9.17) is 5.73 Å². The van der Waals surface area contributed by atoms with Crippen molar-refractivity contribution < 1.29 is 0 Å². The van der Waals surface area contributed by atoms with Gasteiger partial charge in [-0.05, 0) is 6.92 Å². The van der Waals surface area contributed by atoms with Gasteiger partial charge in [-0.2, -0.15) is 0 Å². The summed E-state index contributed by atoms with van der Waals surface area (Å²) in [6.45, 7) is 4.89. The van der Waals surface area contributed by atoms with E-state index in [0.29, 0.717) is 12.5 Å². The van der Waals surface area contributed by atoms with E-state index in [-0.39, 0.29) is 0 Å². The SMILES string of the molecule is Cc1sc(C(C)CN)nc1-c1ccccc1. The number of hydrogen-bond donors (Lipinski definition) is 1. The summed E-state index contributed by atoms with van der Waals surface area (Å²) in [6.07, 6.45) is 0. The molecule has 0 saturated carbocycles. The average Bonchev–Trinajstić information content (AvgIpc) is 2.71. The Morgan fingerprint density at radius 3 is 2.62 bits per heavy atom. The highest BCUT2D eigenvalue weighted by Crippen LogP contribution is 2.30. The Morgan fingerprint density at radius 1 is 1.31 bits per heavy atom. The van der Waals surface area contributed by atoms with Crippen LogP contribution in [0, 0.1) is 6.92 Å². The van der Waals surface area contributed by atoms with Crippen LogP contribution in [0.5, 0.6) is 0 Å². The molecule has 2 N–H and O–H groups in total. The molecule has 0 bridgehead atoms. The predicted molar refractivity (Wildman–Crippen MR) is 69.8 cm³/mol. The molecule has 0 fully saturated rings. The molecule has 2 rings (SSSR count). The third kappa shape index (κ3) is 2.15. The molecule has 1 aromatic heterocycles. The maximum atomic E-state index is 5.67. The number of thiazole rings is 1. The smallest absolute Gasteiger partial charge is 0.0976 e. The second kappa shape index (κ2) is 4.76. The first-order valence-electron chi connectivity index (χ1n) is 5.45. The zero-order valence-electron chi connectivity index (χ0n) is 9.60. The minimum Gasteiger partial charge on any atom is -0.330 e. The van der Waals surface area contributed by atoms with Crippen LogP contribution in [0.4, 0.5) is 0 Å². The number of hydrogen-bond acceptors (Lipinski definition) is 3. The van der Waals surface area contributed by atoms with Crippen molar-refractivity contribution in [3.05, 3.63) is 40.2 Å². The van der Waals surface area contributed by atoms with Crippen LogP contribution < -0.4 is 5.73 Å². The van der Waals surface area contributed by atoms with Crippen LogP contribution in [0.15, 0.2) is 30.3 Å². The highest BCUT2D eigenvalue weighted by atomic mass is 32.1. The fourth-order valence-electron chi connectivity index (χ4n) is 1.59. The summed E-state index contributed by atoms with van der Waals surface area (Å²) in [4.78, 5) is 5.95. The molecule has 3 heteroatoms. The van der Waals surface area contributed by atoms with Crippen LogP contribution in [0.3, 0.4) is 0 Å². The van der Waals surface area contributed by atoms with Crippen molar-refractivity contribution >= 4 is 11.3 Å². The summed E-state index contributed by atoms with van der Waals surface area (Å²) in [7, 11) is 0. The molecule has 0 aliphatic heterocycles. The Balaban J connectivity index is 2.40. The van der Waals surface area contributed by atoms with Gasteiger partial charge in [-0.15, -0.1) is 11.3 Å². The van der Waals surface area contributed by atoms with Gasteiger partial charge in [-0.25, -0.2) is 4.98 Å². The van der Waals surface area contributed by atoms with Crippen molar-refractivity contribution in [3.8, 4) is 11.3 Å². The molecule has 2 aromatic rings. The van der Waals surface area contributed by atoms with Gasteiger partial charge in [-0.1, -0.05) is 37.3 Å². The van der Waals surface area contributed by atoms with Gasteiger partial charge in [0.1, 0.15) is 0 Å². The molecule has 84 valence electrons. The zero-order chi connectivity index (χ0) is 11.5. The topological polar surface area (TPSA) is 38.9 Å². The second-order valence-electron chi connectivity index (χ2n) is 3.96. The number of benzene rings is 1. The van der Waals surface area contributed by atoms with Crippen LogP contribution in [0.1, 0.15) is 22.7 Å². The van der Waals surface area contributed by atoms with E-state index in [0.717, 1.165) is 10.7 Å². The lowest BCUT2D eigenvalue weighted by atomic mass is 10.1. The predicted octanol–water partition coefficient (Wildman–Crippen LogP) is 3.18. The van der Waals surface area contributed by atoms with Gasteiger partial charge in [0.25, 0.3) is 0 Å². The summed E-state index contributed by atoms with van der Waals surface area (Å²) in [6, 6.07) is 10.3. The lowest BCUT2D eigenvalue weighted by Gasteiger charge is -2.02. The fourth-order valence-corrected chi connectivity index (χ4v) is 2.60. The Labute approximate surface area is 100 Å². The van der Waals surface area contributed by atoms with Crippen LogP contribution in [-0.2, 0) is 0 Å². The number of aryl methyl sites for hydroxylation is 1. The summed E-state index contributed by atoms with van der Waals surface area (Å²) in [5.41, 5.74) is 7.95. The zero-order valence-corrected chi connectivity index (χ0v) is 10.4. The minimum absolute atomic E-state index is 0.348. The van der Waals surface area contributed by atoms with E-state index in [1.165, 1.54) is 10.4 Å². The molecule has 0 aliphatic rings. The quantitative estimate of drug-likeness (QED) is 0.882. The van der Waals surface area contributed by atoms with E-state index >= 15 is 0 Å². The van der Waals surface area contributed by atoms with Crippen LogP contribution in [0.2, 0.25) is 0 Å². The average molecular weight is 232 g/mol. The highest BCUT2D eigenvalue weighted by molar-refractivity contribution is 7.12. The van der Waals surface area contributed by atoms with Gasteiger partial charge in [-0.3, -0.25) is 0 Å². The van der Waals surface area contributed by atoms with Crippen molar-refractivity contribution in [2.45, 2.75) is 19.8 Å². The van der Waals surface area contributed by atoms with Gasteiger partial charge in [0.2, 0.25) is 0 Å². The fraction of sp³-hybridized carbons (Fsp3) is 0.308. The Bertz CT molecular complexity index is 462. The molecule has 1 aromatic carbocycles. The van der Waals surface area contributed by atoms with Gasteiger partial charge in [0.15, 0.2) is 0 Å². The highest BCUT2D eigenvalue weighted by Gasteiger charge is 2.13. The van der Waals surface area contributed by atoms with Gasteiger partial charge in [0, 0.05) is 22.9 Å². The molecular weight excluding hydrogens is 216 g/mol. The summed E-state index contributed by atoms with van der Waals surface area (Å²) < 4.78 is 0. The molecule has 0 saturated heterocycles. The molecule has 0 spiro atoms. The number of nitrogens with two attached hydrogens (primary N) is 1. The van der Waals surface area contributed by atoms with Crippen LogP contribution >= 0.6 is 11.3 Å². The Kier molecular flexibility index (Phi) is 3.36.